The number of piperidine rings is 1. The Morgan fingerprint density at radius 2 is 2.16 bits per heavy atom. The number of halogens is 1. The van der Waals surface area contributed by atoms with Crippen molar-refractivity contribution in [3.05, 3.63) is 0 Å². The predicted octanol–water partition coefficient (Wildman–Crippen LogP) is 0.504. The van der Waals surface area contributed by atoms with Gasteiger partial charge in [0.2, 0.25) is 5.91 Å². The van der Waals surface area contributed by atoms with Gasteiger partial charge in [-0.3, -0.25) is 14.7 Å². The number of nitrogens with one attached hydrogen (secondary N) is 2. The molecule has 3 rings (SSSR count). The van der Waals surface area contributed by atoms with Crippen LogP contribution in [0.15, 0.2) is 4.99 Å². The molecule has 2 N–H and O–H groups in total. The molecular weight excluding hydrogens is 433 g/mol. The minimum absolute atomic E-state index is 0. The number of likely N-dealkylation sites (tertiary alicyclic amines) is 1. The Morgan fingerprint density at radius 3 is 2.84 bits per heavy atom. The van der Waals surface area contributed by atoms with E-state index < -0.39 is 0 Å². The zero-order valence-corrected chi connectivity index (χ0v) is 17.6. The molecular formula is C17H32IN5O2. The number of morpholine rings is 1. The van der Waals surface area contributed by atoms with E-state index in [1.807, 2.05) is 0 Å². The smallest absolute Gasteiger partial charge is 0.220 e. The molecule has 3 fully saturated rings. The maximum Gasteiger partial charge on any atom is 0.220 e. The Labute approximate surface area is 167 Å². The lowest BCUT2D eigenvalue weighted by atomic mass is 9.79. The van der Waals surface area contributed by atoms with Crippen LogP contribution < -0.4 is 10.6 Å². The van der Waals surface area contributed by atoms with E-state index in [4.69, 9.17) is 9.73 Å². The molecule has 1 unspecified atom stereocenters. The van der Waals surface area contributed by atoms with Crippen molar-refractivity contribution >= 4 is 35.8 Å². The van der Waals surface area contributed by atoms with E-state index in [0.29, 0.717) is 6.42 Å². The maximum absolute atomic E-state index is 11.7. The van der Waals surface area contributed by atoms with E-state index in [2.05, 4.69) is 27.4 Å². The number of hydrogen-bond donors (Lipinski definition) is 2. The molecule has 8 heteroatoms. The lowest BCUT2D eigenvalue weighted by Gasteiger charge is -2.40. The van der Waals surface area contributed by atoms with Crippen LogP contribution in [0.25, 0.3) is 0 Å². The molecule has 0 aromatic heterocycles. The molecule has 25 heavy (non-hydrogen) atoms. The van der Waals surface area contributed by atoms with Crippen LogP contribution in [0.4, 0.5) is 0 Å². The summed E-state index contributed by atoms with van der Waals surface area (Å²) in [6, 6.07) is 0. The average molecular weight is 465 g/mol. The molecule has 1 amide bonds. The van der Waals surface area contributed by atoms with Crippen LogP contribution in [-0.2, 0) is 9.53 Å². The summed E-state index contributed by atoms with van der Waals surface area (Å²) < 4.78 is 5.39. The third kappa shape index (κ3) is 5.68. The molecule has 7 nitrogen and oxygen atoms in total. The third-order valence-electron chi connectivity index (χ3n) is 5.27. The minimum atomic E-state index is 0. The Kier molecular flexibility index (Phi) is 8.21. The molecule has 0 saturated carbocycles. The summed E-state index contributed by atoms with van der Waals surface area (Å²) in [7, 11) is 0. The predicted molar refractivity (Wildman–Crippen MR) is 110 cm³/mol. The van der Waals surface area contributed by atoms with E-state index in [0.717, 1.165) is 84.4 Å². The van der Waals surface area contributed by atoms with Gasteiger partial charge in [0, 0.05) is 57.6 Å². The van der Waals surface area contributed by atoms with Crippen LogP contribution in [0.5, 0.6) is 0 Å². The van der Waals surface area contributed by atoms with Gasteiger partial charge in [0.1, 0.15) is 0 Å². The summed E-state index contributed by atoms with van der Waals surface area (Å²) in [5, 5.41) is 6.45. The molecule has 0 radical (unpaired) electrons. The van der Waals surface area contributed by atoms with Gasteiger partial charge >= 0.3 is 0 Å². The van der Waals surface area contributed by atoms with Gasteiger partial charge in [-0.15, -0.1) is 24.0 Å². The van der Waals surface area contributed by atoms with Gasteiger partial charge in [-0.1, -0.05) is 0 Å². The van der Waals surface area contributed by atoms with Crippen molar-refractivity contribution in [2.45, 2.75) is 26.2 Å². The fourth-order valence-corrected chi connectivity index (χ4v) is 3.98. The Morgan fingerprint density at radius 1 is 1.36 bits per heavy atom. The van der Waals surface area contributed by atoms with E-state index in [9.17, 15) is 4.79 Å². The molecule has 0 aliphatic carbocycles. The van der Waals surface area contributed by atoms with Crippen LogP contribution in [0, 0.1) is 5.41 Å². The quantitative estimate of drug-likeness (QED) is 0.360. The fourth-order valence-electron chi connectivity index (χ4n) is 3.98. The molecule has 0 aromatic rings. The van der Waals surface area contributed by atoms with E-state index >= 15 is 0 Å². The second-order valence-corrected chi connectivity index (χ2v) is 7.17. The first-order valence-electron chi connectivity index (χ1n) is 9.31. The minimum Gasteiger partial charge on any atom is -0.379 e. The van der Waals surface area contributed by atoms with E-state index in [1.54, 1.807) is 0 Å². The Balaban J connectivity index is 0.00000225. The van der Waals surface area contributed by atoms with Crippen molar-refractivity contribution in [2.75, 3.05) is 65.6 Å². The summed E-state index contributed by atoms with van der Waals surface area (Å²) in [5.74, 6) is 1.20. The summed E-state index contributed by atoms with van der Waals surface area (Å²) in [6.45, 7) is 11.2. The van der Waals surface area contributed by atoms with Crippen LogP contribution in [-0.4, -0.2) is 87.2 Å². The Hall–Kier alpha value is -0.610. The van der Waals surface area contributed by atoms with Crippen LogP contribution in [0.2, 0.25) is 0 Å². The fraction of sp³-hybridized carbons (Fsp3) is 0.882. The number of rotatable bonds is 4. The van der Waals surface area contributed by atoms with Crippen molar-refractivity contribution in [1.82, 2.24) is 20.4 Å². The summed E-state index contributed by atoms with van der Waals surface area (Å²) in [4.78, 5) is 21.3. The van der Waals surface area contributed by atoms with Crippen molar-refractivity contribution in [1.29, 1.82) is 0 Å². The van der Waals surface area contributed by atoms with Gasteiger partial charge in [0.25, 0.3) is 0 Å². The first kappa shape index (κ1) is 20.7. The summed E-state index contributed by atoms with van der Waals surface area (Å²) in [6.07, 6.45) is 2.93. The molecule has 0 bridgehead atoms. The molecule has 3 heterocycles. The highest BCUT2D eigenvalue weighted by Gasteiger charge is 2.42. The van der Waals surface area contributed by atoms with E-state index in [1.165, 1.54) is 0 Å². The molecule has 144 valence electrons. The largest absolute Gasteiger partial charge is 0.379 e. The number of hydrogen-bond acceptors (Lipinski definition) is 4. The second kappa shape index (κ2) is 9.91. The highest BCUT2D eigenvalue weighted by molar-refractivity contribution is 14.0. The monoisotopic (exact) mass is 465 g/mol. The van der Waals surface area contributed by atoms with E-state index in [-0.39, 0.29) is 35.3 Å². The van der Waals surface area contributed by atoms with Gasteiger partial charge in [-0.05, 0) is 19.8 Å². The molecule has 3 aliphatic heterocycles. The van der Waals surface area contributed by atoms with Crippen molar-refractivity contribution in [3.8, 4) is 0 Å². The van der Waals surface area contributed by atoms with Gasteiger partial charge in [0.15, 0.2) is 5.96 Å². The molecule has 3 aliphatic rings. The highest BCUT2D eigenvalue weighted by atomic mass is 127. The number of aliphatic imine (C=N–C) groups is 1. The second-order valence-electron chi connectivity index (χ2n) is 7.17. The normalized spacial score (nSPS) is 28.0. The zero-order valence-electron chi connectivity index (χ0n) is 15.3. The zero-order chi connectivity index (χ0) is 16.8. The SMILES string of the molecule is CCNC(=NCCN1CCOCC1)N1CCCC2(CNC(=O)C2)C1.I. The average Bonchev–Trinajstić information content (AvgIpc) is 2.95. The van der Waals surface area contributed by atoms with Gasteiger partial charge in [-0.25, -0.2) is 0 Å². The maximum atomic E-state index is 11.7. The standard InChI is InChI=1S/C17H31N5O2.HI/c1-2-18-16(19-5-7-21-8-10-24-11-9-21)22-6-3-4-17(14-22)12-15(23)20-13-17;/h2-14H2,1H3,(H,18,19)(H,20,23);1H. The number of ether oxygens (including phenoxy) is 1. The molecule has 3 saturated heterocycles. The first-order valence-corrected chi connectivity index (χ1v) is 9.31. The third-order valence-corrected chi connectivity index (χ3v) is 5.27. The van der Waals surface area contributed by atoms with Gasteiger partial charge in [-0.2, -0.15) is 0 Å². The summed E-state index contributed by atoms with van der Waals surface area (Å²) >= 11 is 0. The summed E-state index contributed by atoms with van der Waals surface area (Å²) in [5.41, 5.74) is 0.107. The number of amides is 1. The van der Waals surface area contributed by atoms with Crippen LogP contribution in [0.3, 0.4) is 0 Å². The number of carbonyl (C=O) groups excluding carboxylic acids is 1. The number of carbonyl (C=O) groups is 1. The first-order chi connectivity index (χ1) is 11.7. The van der Waals surface area contributed by atoms with Crippen molar-refractivity contribution in [2.24, 2.45) is 10.4 Å². The lowest BCUT2D eigenvalue weighted by Crippen LogP contribution is -2.51. The van der Waals surface area contributed by atoms with Crippen LogP contribution in [0.1, 0.15) is 26.2 Å². The van der Waals surface area contributed by atoms with Gasteiger partial charge < -0.3 is 20.3 Å². The molecule has 1 spiro atoms. The topological polar surface area (TPSA) is 69.2 Å². The van der Waals surface area contributed by atoms with Crippen molar-refractivity contribution in [3.63, 3.8) is 0 Å². The lowest BCUT2D eigenvalue weighted by molar-refractivity contribution is -0.119. The number of guanidine groups is 1. The highest BCUT2D eigenvalue weighted by Crippen LogP contribution is 2.35. The van der Waals surface area contributed by atoms with Gasteiger partial charge in [0.05, 0.1) is 19.8 Å². The molecule has 1 atom stereocenters. The number of nitrogens with zero attached hydrogens (tertiary/aromatic N) is 3. The Bertz CT molecular complexity index is 470. The molecule has 0 aromatic carbocycles. The van der Waals surface area contributed by atoms with Crippen molar-refractivity contribution < 1.29 is 9.53 Å². The van der Waals surface area contributed by atoms with Crippen LogP contribution >= 0.6 is 24.0 Å².